The van der Waals surface area contributed by atoms with Crippen molar-refractivity contribution in [2.45, 2.75) is 0 Å². The average molecular weight is 983 g/mol. The molecule has 3 nitrogen and oxygen atoms in total. The molecule has 0 saturated carbocycles. The molecule has 0 N–H and O–H groups in total. The van der Waals surface area contributed by atoms with Crippen molar-refractivity contribution in [1.82, 2.24) is 0 Å². The van der Waals surface area contributed by atoms with Crippen LogP contribution in [-0.2, 0) is 0 Å². The van der Waals surface area contributed by atoms with E-state index in [1.807, 2.05) is 91.0 Å². The molecule has 0 amide bonds. The van der Waals surface area contributed by atoms with E-state index in [2.05, 4.69) is 9.80 Å². The molecule has 7 rings (SSSR count). The van der Waals surface area contributed by atoms with Gasteiger partial charge in [0.1, 0.15) is 68.6 Å². The maximum absolute atomic E-state index is 15.4. The highest BCUT2D eigenvalue weighted by atomic mass is 31.2. The number of azide groups is 1. The van der Waals surface area contributed by atoms with Gasteiger partial charge in [-0.15, -0.1) is 21.9 Å². The van der Waals surface area contributed by atoms with E-state index in [-0.39, 0.29) is 0 Å². The molecule has 0 fully saturated rings. The minimum Gasteiger partial charge on any atom is -0.207 e. The van der Waals surface area contributed by atoms with Crippen LogP contribution in [0, 0.1) is 116 Å². The zero-order valence-corrected chi connectivity index (χ0v) is 33.0. The third kappa shape index (κ3) is 7.57. The molecular formula is C42H15BF20N3P. The van der Waals surface area contributed by atoms with Crippen molar-refractivity contribution < 1.29 is 87.8 Å². The van der Waals surface area contributed by atoms with Gasteiger partial charge < -0.3 is 0 Å². The fourth-order valence-electron chi connectivity index (χ4n) is 7.47. The number of rotatable bonds is 8. The van der Waals surface area contributed by atoms with Gasteiger partial charge in [-0.2, -0.15) is 0 Å². The largest absolute Gasteiger partial charge is 0.223 e. The van der Waals surface area contributed by atoms with Gasteiger partial charge in [0.05, 0.1) is 4.88 Å². The van der Waals surface area contributed by atoms with Crippen LogP contribution in [0.15, 0.2) is 95.9 Å². The molecule has 25 heteroatoms. The zero-order chi connectivity index (χ0) is 49.6. The van der Waals surface area contributed by atoms with Gasteiger partial charge in [-0.05, 0) is 41.9 Å². The first kappa shape index (κ1) is 49.4. The highest BCUT2D eigenvalue weighted by Gasteiger charge is 2.52. The first-order chi connectivity index (χ1) is 31.6. The van der Waals surface area contributed by atoms with E-state index in [1.54, 1.807) is 0 Å². The topological polar surface area (TPSA) is 48.8 Å². The lowest BCUT2D eigenvalue weighted by Crippen LogP contribution is -2.81. The molecule has 0 saturated heterocycles. The Hall–Kier alpha value is -7.06. The smallest absolute Gasteiger partial charge is 0.207 e. The number of benzene rings is 7. The lowest BCUT2D eigenvalue weighted by atomic mass is 9.12. The van der Waals surface area contributed by atoms with Gasteiger partial charge in [0.2, 0.25) is 7.41 Å². The summed E-state index contributed by atoms with van der Waals surface area (Å²) in [6.45, 7) is 0. The zero-order valence-electron chi connectivity index (χ0n) is 32.1. The molecule has 0 radical (unpaired) electrons. The van der Waals surface area contributed by atoms with Crippen molar-refractivity contribution in [1.29, 1.82) is 0 Å². The minimum absolute atomic E-state index is 1.06. The quantitative estimate of drug-likeness (QED) is 0.0213. The van der Waals surface area contributed by atoms with Crippen molar-refractivity contribution in [3.8, 4) is 0 Å². The van der Waals surface area contributed by atoms with Crippen LogP contribution in [0.2, 0.25) is 0 Å². The molecule has 0 aliphatic rings. The first-order valence-corrected chi connectivity index (χ1v) is 19.7. The second-order valence-electron chi connectivity index (χ2n) is 13.6. The minimum atomic E-state index is -7.22. The first-order valence-electron chi connectivity index (χ1n) is 17.9. The van der Waals surface area contributed by atoms with Gasteiger partial charge >= 0.3 is 0 Å². The molecule has 0 aliphatic carbocycles. The predicted molar refractivity (Wildman–Crippen MR) is 204 cm³/mol. The van der Waals surface area contributed by atoms with Crippen LogP contribution in [0.4, 0.5) is 87.8 Å². The summed E-state index contributed by atoms with van der Waals surface area (Å²) < 4.78 is 294. The van der Waals surface area contributed by atoms with Crippen LogP contribution in [0.3, 0.4) is 0 Å². The Bertz CT molecular complexity index is 2660. The van der Waals surface area contributed by atoms with Gasteiger partial charge in [-0.1, -0.05) is 54.6 Å². The Kier molecular flexibility index (Phi) is 13.8. The van der Waals surface area contributed by atoms with Crippen molar-refractivity contribution >= 4 is 51.3 Å². The van der Waals surface area contributed by atoms with Gasteiger partial charge in [0.25, 0.3) is 0 Å². The number of hydrogen-bond donors (Lipinski definition) is 0. The highest BCUT2D eigenvalue weighted by Crippen LogP contribution is 2.57. The van der Waals surface area contributed by atoms with Crippen molar-refractivity contribution in [3.05, 3.63) is 218 Å². The van der Waals surface area contributed by atoms with Crippen LogP contribution in [-0.4, -0.2) is 6.15 Å². The fraction of sp³-hybridized carbons (Fsp3) is 0. The molecule has 7 aromatic carbocycles. The summed E-state index contributed by atoms with van der Waals surface area (Å²) in [6, 6.07) is 30.1. The Morgan fingerprint density at radius 2 is 0.448 bits per heavy atom. The molecule has 0 aromatic heterocycles. The second-order valence-corrected chi connectivity index (χ2v) is 16.6. The maximum Gasteiger partial charge on any atom is 0.223 e. The Balaban J connectivity index is 0.000000279. The Labute approximate surface area is 361 Å². The number of halogens is 20. The van der Waals surface area contributed by atoms with E-state index in [0.29, 0.717) is 0 Å². The summed E-state index contributed by atoms with van der Waals surface area (Å²) >= 11 is 0. The molecule has 0 heterocycles. The van der Waals surface area contributed by atoms with Crippen molar-refractivity contribution in [3.63, 3.8) is 0 Å². The van der Waals surface area contributed by atoms with E-state index >= 15 is 35.1 Å². The molecule has 0 spiro atoms. The van der Waals surface area contributed by atoms with E-state index in [4.69, 9.17) is 0 Å². The van der Waals surface area contributed by atoms with E-state index in [0.717, 1.165) is 15.9 Å². The van der Waals surface area contributed by atoms with Gasteiger partial charge in [-0.3, -0.25) is 0 Å². The molecule has 346 valence electrons. The lowest BCUT2D eigenvalue weighted by molar-refractivity contribution is 0.378. The third-order valence-corrected chi connectivity index (χ3v) is 13.8. The molecule has 0 bridgehead atoms. The Morgan fingerprint density at radius 3 is 0.612 bits per heavy atom. The fourth-order valence-corrected chi connectivity index (χ4v) is 10.6. The average Bonchev–Trinajstić information content (AvgIpc) is 3.34. The van der Waals surface area contributed by atoms with E-state index in [9.17, 15) is 58.2 Å². The van der Waals surface area contributed by atoms with Crippen LogP contribution in [0.5, 0.6) is 0 Å². The van der Waals surface area contributed by atoms with E-state index in [1.165, 1.54) is 0 Å². The summed E-state index contributed by atoms with van der Waals surface area (Å²) in [6.07, 6.45) is -7.22. The molecule has 0 aliphatic heterocycles. The third-order valence-electron chi connectivity index (χ3n) is 10.3. The summed E-state index contributed by atoms with van der Waals surface area (Å²) in [5, 5.41) is 3.18. The van der Waals surface area contributed by atoms with Crippen molar-refractivity contribution in [2.75, 3.05) is 0 Å². The van der Waals surface area contributed by atoms with Gasteiger partial charge in [0.15, 0.2) is 69.8 Å². The predicted octanol–water partition coefficient (Wildman–Crippen LogP) is 10.1. The molecule has 7 aromatic rings. The molecular weight excluding hydrogens is 968 g/mol. The molecule has 67 heavy (non-hydrogen) atoms. The standard InChI is InChI=1S/C24BF20.C18H15N3P/c26-5-1(6(27)14(35)21(42)13(5)34)25(2-7(28)15(36)22(43)16(37)8(2)29,3-9(30)17(38)23(44)18(39)10(3)31)4-11(32)19(40)24(45)20(41)12(4)33;19-20-21-22(16-10-4-1-5-11-16,17-12-6-2-7-13-17)18-14-8-3-9-15-18/h;1-15H/q-1;+1. The highest BCUT2D eigenvalue weighted by molar-refractivity contribution is 7.94. The summed E-state index contributed by atoms with van der Waals surface area (Å²) in [5.41, 5.74) is -5.06. The maximum atomic E-state index is 15.4. The normalized spacial score (nSPS) is 11.6. The van der Waals surface area contributed by atoms with Crippen LogP contribution in [0.25, 0.3) is 10.4 Å². The van der Waals surface area contributed by atoms with E-state index < -0.39 is 152 Å². The molecule has 0 atom stereocenters. The van der Waals surface area contributed by atoms with Gasteiger partial charge in [-0.25, -0.2) is 87.8 Å². The van der Waals surface area contributed by atoms with Gasteiger partial charge in [0, 0.05) is 4.91 Å². The lowest BCUT2D eigenvalue weighted by Gasteiger charge is -2.44. The SMILES string of the molecule is Fc1c(F)c(F)c([B-](c2c(F)c(F)c(F)c(F)c2F)(c2c(F)c(F)c(F)c(F)c2F)c2c(F)c(F)c(F)c(F)c2F)c(F)c1F.[N-]=[N+]=N[P+](c1ccccc1)(c1ccccc1)c1ccccc1. The monoisotopic (exact) mass is 983 g/mol. The van der Waals surface area contributed by atoms with Crippen LogP contribution in [0.1, 0.15) is 0 Å². The molecule has 0 unspecified atom stereocenters. The number of hydrogen-bond acceptors (Lipinski definition) is 1. The Morgan fingerprint density at radius 1 is 0.284 bits per heavy atom. The van der Waals surface area contributed by atoms with Crippen LogP contribution < -0.4 is 37.8 Å². The summed E-state index contributed by atoms with van der Waals surface area (Å²) in [7, 11) is -2.34. The summed E-state index contributed by atoms with van der Waals surface area (Å²) in [4.78, 5) is 7.57. The second kappa shape index (κ2) is 18.7. The summed E-state index contributed by atoms with van der Waals surface area (Å²) in [5.74, 6) is -71.4. The van der Waals surface area contributed by atoms with Crippen LogP contribution >= 0.6 is 7.41 Å². The van der Waals surface area contributed by atoms with Crippen molar-refractivity contribution in [2.24, 2.45) is 4.88 Å². The number of nitrogens with zero attached hydrogens (tertiary/aromatic N) is 3.